The highest BCUT2D eigenvalue weighted by Crippen LogP contribution is 2.21. The highest BCUT2D eigenvalue weighted by Gasteiger charge is 2.13. The fourth-order valence-corrected chi connectivity index (χ4v) is 3.53. The molecule has 0 atom stereocenters. The largest absolute Gasteiger partial charge is 0.352 e. The molecule has 1 N–H and O–H groups in total. The van der Waals surface area contributed by atoms with E-state index in [4.69, 9.17) is 4.98 Å². The Bertz CT molecular complexity index is 1080. The van der Waals surface area contributed by atoms with Crippen LogP contribution in [0.15, 0.2) is 73.1 Å². The number of carbonyl (C=O) groups excluding carboxylic acids is 1. The van der Waals surface area contributed by atoms with Gasteiger partial charge >= 0.3 is 0 Å². The van der Waals surface area contributed by atoms with Gasteiger partial charge in [0.25, 0.3) is 5.91 Å². The molecule has 5 heteroatoms. The summed E-state index contributed by atoms with van der Waals surface area (Å²) in [5, 5.41) is 3.01. The van der Waals surface area contributed by atoms with Crippen LogP contribution >= 0.6 is 0 Å². The molecule has 0 fully saturated rings. The highest BCUT2D eigenvalue weighted by molar-refractivity contribution is 5.94. The van der Waals surface area contributed by atoms with Crippen LogP contribution in [0.5, 0.6) is 0 Å². The Hall–Kier alpha value is -3.34. The van der Waals surface area contributed by atoms with E-state index in [1.807, 2.05) is 71.6 Å². The van der Waals surface area contributed by atoms with Crippen molar-refractivity contribution in [3.8, 4) is 5.69 Å². The third-order valence-corrected chi connectivity index (χ3v) is 4.85. The van der Waals surface area contributed by atoms with Crippen molar-refractivity contribution in [2.45, 2.75) is 26.3 Å². The van der Waals surface area contributed by atoms with Crippen LogP contribution in [0.1, 0.15) is 36.1 Å². The smallest absolute Gasteiger partial charge is 0.251 e. The maximum Gasteiger partial charge on any atom is 0.251 e. The molecule has 0 aliphatic rings. The molecule has 0 aliphatic heterocycles. The van der Waals surface area contributed by atoms with Gasteiger partial charge in [0.2, 0.25) is 0 Å². The van der Waals surface area contributed by atoms with Crippen molar-refractivity contribution >= 4 is 16.9 Å². The molecule has 4 rings (SSSR count). The summed E-state index contributed by atoms with van der Waals surface area (Å²) < 4.78 is 4.26. The Morgan fingerprint density at radius 3 is 2.43 bits per heavy atom. The predicted molar refractivity (Wildman–Crippen MR) is 112 cm³/mol. The first kappa shape index (κ1) is 18.0. The van der Waals surface area contributed by atoms with Gasteiger partial charge in [-0.15, -0.1) is 0 Å². The Kier molecular flexibility index (Phi) is 4.98. The molecule has 0 saturated carbocycles. The molecule has 2 heterocycles. The first-order valence-electron chi connectivity index (χ1n) is 9.61. The molecule has 0 radical (unpaired) electrons. The molecule has 4 aromatic rings. The lowest BCUT2D eigenvalue weighted by Gasteiger charge is -2.13. The number of nitrogens with zero attached hydrogens (tertiary/aromatic N) is 3. The number of hydrogen-bond acceptors (Lipinski definition) is 2. The lowest BCUT2D eigenvalue weighted by molar-refractivity contribution is 0.0954. The molecule has 0 bridgehead atoms. The zero-order valence-electron chi connectivity index (χ0n) is 16.2. The maximum atomic E-state index is 12.5. The molecular formula is C23H24N4O. The summed E-state index contributed by atoms with van der Waals surface area (Å²) >= 11 is 0. The number of carbonyl (C=O) groups is 1. The third kappa shape index (κ3) is 3.56. The van der Waals surface area contributed by atoms with E-state index in [9.17, 15) is 4.79 Å². The molecule has 1 amide bonds. The number of imidazole rings is 1. The third-order valence-electron chi connectivity index (χ3n) is 4.85. The predicted octanol–water partition coefficient (Wildman–Crippen LogP) is 4.38. The standard InChI is InChI=1S/C23H24N4O/c1-17(2)27-21-8-4-3-7-20(21)25-22(27)13-14-24-23(28)18-9-11-19(12-10-18)26-15-5-6-16-26/h3-12,15-17H,13-14H2,1-2H3,(H,24,28). The molecule has 0 spiro atoms. The van der Waals surface area contributed by atoms with E-state index in [0.717, 1.165) is 22.5 Å². The minimum absolute atomic E-state index is 0.0636. The SMILES string of the molecule is CC(C)n1c(CCNC(=O)c2ccc(-n3cccc3)cc2)nc2ccccc21. The van der Waals surface area contributed by atoms with Gasteiger partial charge in [-0.25, -0.2) is 4.98 Å². The molecular weight excluding hydrogens is 348 g/mol. The quantitative estimate of drug-likeness (QED) is 0.546. The van der Waals surface area contributed by atoms with Crippen molar-refractivity contribution in [1.29, 1.82) is 0 Å². The zero-order chi connectivity index (χ0) is 19.5. The summed E-state index contributed by atoms with van der Waals surface area (Å²) in [4.78, 5) is 17.2. The van der Waals surface area contributed by atoms with Crippen molar-refractivity contribution in [3.05, 3.63) is 84.4 Å². The van der Waals surface area contributed by atoms with Gasteiger partial charge in [0, 0.05) is 42.7 Å². The number of rotatable bonds is 6. The number of benzene rings is 2. The van der Waals surface area contributed by atoms with Crippen LogP contribution in [-0.4, -0.2) is 26.6 Å². The molecule has 28 heavy (non-hydrogen) atoms. The topological polar surface area (TPSA) is 51.9 Å². The lowest BCUT2D eigenvalue weighted by Crippen LogP contribution is -2.26. The van der Waals surface area contributed by atoms with Crippen molar-refractivity contribution in [2.75, 3.05) is 6.54 Å². The highest BCUT2D eigenvalue weighted by atomic mass is 16.1. The van der Waals surface area contributed by atoms with Gasteiger partial charge in [-0.3, -0.25) is 4.79 Å². The van der Waals surface area contributed by atoms with E-state index in [2.05, 4.69) is 29.8 Å². The van der Waals surface area contributed by atoms with Crippen LogP contribution in [0, 0.1) is 0 Å². The van der Waals surface area contributed by atoms with Crippen molar-refractivity contribution < 1.29 is 4.79 Å². The van der Waals surface area contributed by atoms with E-state index < -0.39 is 0 Å². The second-order valence-electron chi connectivity index (χ2n) is 7.12. The van der Waals surface area contributed by atoms with Crippen LogP contribution in [0.25, 0.3) is 16.7 Å². The minimum Gasteiger partial charge on any atom is -0.352 e. The lowest BCUT2D eigenvalue weighted by atomic mass is 10.2. The van der Waals surface area contributed by atoms with Crippen LogP contribution in [0.4, 0.5) is 0 Å². The minimum atomic E-state index is -0.0636. The van der Waals surface area contributed by atoms with Gasteiger partial charge in [0.05, 0.1) is 11.0 Å². The van der Waals surface area contributed by atoms with Crippen LogP contribution in [-0.2, 0) is 6.42 Å². The number of aromatic nitrogens is 3. The molecule has 142 valence electrons. The van der Waals surface area contributed by atoms with Crippen molar-refractivity contribution in [3.63, 3.8) is 0 Å². The summed E-state index contributed by atoms with van der Waals surface area (Å²) in [6, 6.07) is 20.0. The first-order chi connectivity index (χ1) is 13.6. The van der Waals surface area contributed by atoms with E-state index >= 15 is 0 Å². The molecule has 2 aromatic carbocycles. The van der Waals surface area contributed by atoms with Gasteiger partial charge < -0.3 is 14.5 Å². The Labute approximate surface area is 164 Å². The van der Waals surface area contributed by atoms with Crippen LogP contribution in [0.3, 0.4) is 0 Å². The number of fused-ring (bicyclic) bond motifs is 1. The number of hydrogen-bond donors (Lipinski definition) is 1. The summed E-state index contributed by atoms with van der Waals surface area (Å²) in [7, 11) is 0. The Balaban J connectivity index is 1.42. The van der Waals surface area contributed by atoms with Gasteiger partial charge in [0.1, 0.15) is 5.82 Å². The van der Waals surface area contributed by atoms with Gasteiger partial charge in [0.15, 0.2) is 0 Å². The molecule has 5 nitrogen and oxygen atoms in total. The van der Waals surface area contributed by atoms with E-state index in [1.54, 1.807) is 0 Å². The molecule has 0 aliphatic carbocycles. The maximum absolute atomic E-state index is 12.5. The van der Waals surface area contributed by atoms with Gasteiger partial charge in [-0.05, 0) is 62.4 Å². The second kappa shape index (κ2) is 7.72. The molecule has 2 aromatic heterocycles. The molecule has 0 saturated heterocycles. The van der Waals surface area contributed by atoms with Crippen LogP contribution < -0.4 is 5.32 Å². The zero-order valence-corrected chi connectivity index (χ0v) is 16.2. The van der Waals surface area contributed by atoms with E-state index in [-0.39, 0.29) is 5.91 Å². The van der Waals surface area contributed by atoms with E-state index in [1.165, 1.54) is 0 Å². The van der Waals surface area contributed by atoms with Crippen molar-refractivity contribution in [2.24, 2.45) is 0 Å². The van der Waals surface area contributed by atoms with Crippen molar-refractivity contribution in [1.82, 2.24) is 19.4 Å². The average Bonchev–Trinajstić information content (AvgIpc) is 3.35. The first-order valence-corrected chi connectivity index (χ1v) is 9.61. The fraction of sp³-hybridized carbons (Fsp3) is 0.217. The van der Waals surface area contributed by atoms with Gasteiger partial charge in [-0.2, -0.15) is 0 Å². The second-order valence-corrected chi connectivity index (χ2v) is 7.12. The number of para-hydroxylation sites is 2. The number of amides is 1. The normalized spacial score (nSPS) is 11.2. The summed E-state index contributed by atoms with van der Waals surface area (Å²) in [6.45, 7) is 4.86. The van der Waals surface area contributed by atoms with Crippen LogP contribution in [0.2, 0.25) is 0 Å². The number of nitrogens with one attached hydrogen (secondary N) is 1. The summed E-state index contributed by atoms with van der Waals surface area (Å²) in [5.41, 5.74) is 3.83. The average molecular weight is 372 g/mol. The summed E-state index contributed by atoms with van der Waals surface area (Å²) in [6.07, 6.45) is 4.66. The fourth-order valence-electron chi connectivity index (χ4n) is 3.53. The Morgan fingerprint density at radius 2 is 1.71 bits per heavy atom. The van der Waals surface area contributed by atoms with E-state index in [0.29, 0.717) is 24.6 Å². The van der Waals surface area contributed by atoms with Gasteiger partial charge in [-0.1, -0.05) is 12.1 Å². The monoisotopic (exact) mass is 372 g/mol. The molecule has 0 unspecified atom stereocenters. The Morgan fingerprint density at radius 1 is 1.00 bits per heavy atom. The summed E-state index contributed by atoms with van der Waals surface area (Å²) in [5.74, 6) is 0.936.